The second-order valence-electron chi connectivity index (χ2n) is 7.11. The van der Waals surface area contributed by atoms with E-state index < -0.39 is 60.4 Å². The molecule has 0 aromatic heterocycles. The van der Waals surface area contributed by atoms with Crippen molar-refractivity contribution in [3.05, 3.63) is 0 Å². The molecule has 12 heteroatoms. The average molecular weight is 417 g/mol. The van der Waals surface area contributed by atoms with E-state index in [0.29, 0.717) is 0 Å². The summed E-state index contributed by atoms with van der Waals surface area (Å²) in [6.45, 7) is 4.18. The summed E-state index contributed by atoms with van der Waals surface area (Å²) in [6, 6.07) is -4.65. The number of primary amides is 1. The van der Waals surface area contributed by atoms with Gasteiger partial charge in [-0.15, -0.1) is 0 Å². The van der Waals surface area contributed by atoms with E-state index in [1.165, 1.54) is 6.92 Å². The Morgan fingerprint density at radius 1 is 0.897 bits per heavy atom. The van der Waals surface area contributed by atoms with Crippen LogP contribution in [0, 0.1) is 5.92 Å². The summed E-state index contributed by atoms with van der Waals surface area (Å²) in [7, 11) is 0. The summed E-state index contributed by atoms with van der Waals surface area (Å²) in [4.78, 5) is 58.4. The Morgan fingerprint density at radius 3 is 1.90 bits per heavy atom. The number of carboxylic acids is 1. The standard InChI is InChI=1S/C17H31N5O7/c1-8(2)6-11(21-15(26)10(18)4-5-13(19)24)16(27)20-9(3)14(25)22-12(7-23)17(28)29/h8-12,23H,4-7,18H2,1-3H3,(H2,19,24)(H,20,27)(H,21,26)(H,22,25)(H,28,29). The summed E-state index contributed by atoms with van der Waals surface area (Å²) in [5.41, 5.74) is 10.7. The minimum absolute atomic E-state index is 0.0165. The van der Waals surface area contributed by atoms with E-state index in [2.05, 4.69) is 16.0 Å². The van der Waals surface area contributed by atoms with Crippen molar-refractivity contribution < 1.29 is 34.2 Å². The van der Waals surface area contributed by atoms with Crippen molar-refractivity contribution in [3.63, 3.8) is 0 Å². The number of carbonyl (C=O) groups excluding carboxylic acids is 4. The lowest BCUT2D eigenvalue weighted by atomic mass is 10.0. The fraction of sp³-hybridized carbons (Fsp3) is 0.706. The van der Waals surface area contributed by atoms with E-state index in [0.717, 1.165) is 0 Å². The van der Waals surface area contributed by atoms with Crippen LogP contribution in [0.1, 0.15) is 40.0 Å². The van der Waals surface area contributed by atoms with Gasteiger partial charge in [0.1, 0.15) is 18.1 Å². The quantitative estimate of drug-likeness (QED) is 0.165. The van der Waals surface area contributed by atoms with Crippen LogP contribution in [0.2, 0.25) is 0 Å². The van der Waals surface area contributed by atoms with Crippen molar-refractivity contribution in [3.8, 4) is 0 Å². The highest BCUT2D eigenvalue weighted by atomic mass is 16.4. The first-order valence-corrected chi connectivity index (χ1v) is 9.17. The summed E-state index contributed by atoms with van der Waals surface area (Å²) < 4.78 is 0. The maximum atomic E-state index is 12.5. The number of aliphatic carboxylic acids is 1. The van der Waals surface area contributed by atoms with E-state index in [1.54, 1.807) is 0 Å². The third-order valence-electron chi connectivity index (χ3n) is 3.93. The monoisotopic (exact) mass is 417 g/mol. The Labute approximate surface area is 168 Å². The number of carbonyl (C=O) groups is 5. The summed E-state index contributed by atoms with van der Waals surface area (Å²) in [6.07, 6.45) is 0.193. The zero-order valence-electron chi connectivity index (χ0n) is 16.8. The molecule has 0 aromatic rings. The zero-order chi connectivity index (χ0) is 22.7. The molecule has 12 nitrogen and oxygen atoms in total. The van der Waals surface area contributed by atoms with E-state index >= 15 is 0 Å². The lowest BCUT2D eigenvalue weighted by Crippen LogP contribution is -2.56. The molecule has 4 amide bonds. The van der Waals surface area contributed by atoms with Gasteiger partial charge in [0, 0.05) is 6.42 Å². The molecule has 0 aliphatic carbocycles. The largest absolute Gasteiger partial charge is 0.480 e. The third kappa shape index (κ3) is 10.4. The van der Waals surface area contributed by atoms with Crippen LogP contribution < -0.4 is 27.4 Å². The molecule has 0 radical (unpaired) electrons. The fourth-order valence-corrected chi connectivity index (χ4v) is 2.27. The molecule has 0 fully saturated rings. The molecule has 166 valence electrons. The van der Waals surface area contributed by atoms with E-state index in [1.807, 2.05) is 13.8 Å². The molecule has 0 saturated heterocycles. The Kier molecular flexibility index (Phi) is 11.5. The molecule has 0 aliphatic heterocycles. The molecular weight excluding hydrogens is 386 g/mol. The number of aliphatic hydroxyl groups excluding tert-OH is 1. The minimum Gasteiger partial charge on any atom is -0.480 e. The zero-order valence-corrected chi connectivity index (χ0v) is 16.8. The van der Waals surface area contributed by atoms with Gasteiger partial charge in [0.25, 0.3) is 0 Å². The molecule has 0 rings (SSSR count). The Hall–Kier alpha value is -2.73. The molecule has 9 N–H and O–H groups in total. The van der Waals surface area contributed by atoms with Crippen LogP contribution in [0.4, 0.5) is 0 Å². The van der Waals surface area contributed by atoms with Gasteiger partial charge in [0.2, 0.25) is 23.6 Å². The van der Waals surface area contributed by atoms with Crippen molar-refractivity contribution in [2.45, 2.75) is 64.2 Å². The third-order valence-corrected chi connectivity index (χ3v) is 3.93. The predicted molar refractivity (Wildman–Crippen MR) is 102 cm³/mol. The molecule has 4 unspecified atom stereocenters. The molecule has 0 aromatic carbocycles. The molecule has 0 spiro atoms. The highest BCUT2D eigenvalue weighted by molar-refractivity contribution is 5.94. The SMILES string of the molecule is CC(C)CC(NC(=O)C(N)CCC(N)=O)C(=O)NC(C)C(=O)NC(CO)C(=O)O. The van der Waals surface area contributed by atoms with E-state index in [4.69, 9.17) is 21.7 Å². The first kappa shape index (κ1) is 26.3. The molecular formula is C17H31N5O7. The minimum atomic E-state index is -1.50. The van der Waals surface area contributed by atoms with Gasteiger partial charge in [-0.2, -0.15) is 0 Å². The summed E-state index contributed by atoms with van der Waals surface area (Å²) in [5.74, 6) is -4.13. The van der Waals surface area contributed by atoms with Crippen molar-refractivity contribution in [1.29, 1.82) is 0 Å². The van der Waals surface area contributed by atoms with Gasteiger partial charge in [0.05, 0.1) is 12.6 Å². The normalized spacial score (nSPS) is 15.0. The topological polar surface area (TPSA) is 214 Å². The van der Waals surface area contributed by atoms with Gasteiger partial charge in [-0.1, -0.05) is 13.8 Å². The molecule has 0 heterocycles. The smallest absolute Gasteiger partial charge is 0.328 e. The van der Waals surface area contributed by atoms with Gasteiger partial charge in [-0.3, -0.25) is 19.2 Å². The number of hydrogen-bond acceptors (Lipinski definition) is 7. The fourth-order valence-electron chi connectivity index (χ4n) is 2.27. The molecule has 0 aliphatic rings. The van der Waals surface area contributed by atoms with Crippen LogP contribution in [0.15, 0.2) is 0 Å². The first-order chi connectivity index (χ1) is 13.4. The second-order valence-corrected chi connectivity index (χ2v) is 7.11. The molecule has 0 bridgehead atoms. The van der Waals surface area contributed by atoms with Crippen molar-refractivity contribution in [2.24, 2.45) is 17.4 Å². The van der Waals surface area contributed by atoms with Crippen molar-refractivity contribution in [1.82, 2.24) is 16.0 Å². The Balaban J connectivity index is 4.97. The first-order valence-electron chi connectivity index (χ1n) is 9.17. The summed E-state index contributed by atoms with van der Waals surface area (Å²) in [5, 5.41) is 24.8. The highest BCUT2D eigenvalue weighted by Crippen LogP contribution is 2.06. The number of aliphatic hydroxyl groups is 1. The lowest BCUT2D eigenvalue weighted by molar-refractivity contribution is -0.143. The Morgan fingerprint density at radius 2 is 1.45 bits per heavy atom. The second kappa shape index (κ2) is 12.7. The average Bonchev–Trinajstić information content (AvgIpc) is 2.62. The maximum Gasteiger partial charge on any atom is 0.328 e. The molecule has 0 saturated carbocycles. The van der Waals surface area contributed by atoms with Crippen LogP contribution in [0.25, 0.3) is 0 Å². The van der Waals surface area contributed by atoms with Crippen LogP contribution in [-0.2, 0) is 24.0 Å². The number of nitrogens with one attached hydrogen (secondary N) is 3. The maximum absolute atomic E-state index is 12.5. The van der Waals surface area contributed by atoms with E-state index in [-0.39, 0.29) is 25.2 Å². The van der Waals surface area contributed by atoms with Crippen LogP contribution >= 0.6 is 0 Å². The van der Waals surface area contributed by atoms with Gasteiger partial charge in [-0.05, 0) is 25.7 Å². The number of rotatable bonds is 13. The highest BCUT2D eigenvalue weighted by Gasteiger charge is 2.28. The number of nitrogens with two attached hydrogens (primary N) is 2. The number of carboxylic acid groups (broad SMARTS) is 1. The lowest BCUT2D eigenvalue weighted by Gasteiger charge is -2.24. The number of hydrogen-bond donors (Lipinski definition) is 7. The predicted octanol–water partition coefficient (Wildman–Crippen LogP) is -2.82. The van der Waals surface area contributed by atoms with Crippen molar-refractivity contribution in [2.75, 3.05) is 6.61 Å². The Bertz CT molecular complexity index is 611. The van der Waals surface area contributed by atoms with Crippen LogP contribution in [-0.4, -0.2) is 70.6 Å². The molecule has 4 atom stereocenters. The van der Waals surface area contributed by atoms with Gasteiger partial charge >= 0.3 is 5.97 Å². The van der Waals surface area contributed by atoms with E-state index in [9.17, 15) is 24.0 Å². The summed E-state index contributed by atoms with van der Waals surface area (Å²) >= 11 is 0. The van der Waals surface area contributed by atoms with Crippen LogP contribution in [0.3, 0.4) is 0 Å². The van der Waals surface area contributed by atoms with Crippen LogP contribution in [0.5, 0.6) is 0 Å². The van der Waals surface area contributed by atoms with Crippen molar-refractivity contribution >= 4 is 29.6 Å². The van der Waals surface area contributed by atoms with Gasteiger partial charge < -0.3 is 37.6 Å². The van der Waals surface area contributed by atoms with Gasteiger partial charge in [0.15, 0.2) is 0 Å². The molecule has 29 heavy (non-hydrogen) atoms. The van der Waals surface area contributed by atoms with Gasteiger partial charge in [-0.25, -0.2) is 4.79 Å². The number of amides is 4.